The molecule has 0 unspecified atom stereocenters. The molecule has 0 bridgehead atoms. The van der Waals surface area contributed by atoms with Crippen molar-refractivity contribution in [2.75, 3.05) is 39.6 Å². The van der Waals surface area contributed by atoms with Gasteiger partial charge < -0.3 is 20.3 Å². The summed E-state index contributed by atoms with van der Waals surface area (Å²) in [6, 6.07) is 15.1. The maximum Gasteiger partial charge on any atom is 0.255 e. The number of para-hydroxylation sites is 1. The zero-order valence-electron chi connectivity index (χ0n) is 19.8. The molecule has 2 amide bonds. The van der Waals surface area contributed by atoms with Crippen molar-refractivity contribution in [1.29, 1.82) is 0 Å². The Morgan fingerprint density at radius 2 is 1.89 bits per heavy atom. The Morgan fingerprint density at radius 1 is 1.09 bits per heavy atom. The second-order valence-corrected chi connectivity index (χ2v) is 8.70. The number of amides is 2. The molecule has 2 aromatic heterocycles. The molecular weight excluding hydrogens is 444 g/mol. The van der Waals surface area contributed by atoms with Gasteiger partial charge >= 0.3 is 0 Å². The van der Waals surface area contributed by atoms with Crippen molar-refractivity contribution >= 4 is 28.5 Å². The number of H-pyrrole nitrogens is 1. The standard InChI is InChI=1S/C26H26N6O3/c1-32(2)26(34)19-10-15(8-9-21(19)29-25(33)17-12-27-13-17)16-11-20-23(30-31-24(20)28-14-16)18-6-4-5-7-22(18)35-3/h4-11,14,17,27H,12-13H2,1-3H3,(H,29,33)(H,28,30,31). The summed E-state index contributed by atoms with van der Waals surface area (Å²) in [7, 11) is 5.01. The number of aromatic nitrogens is 3. The number of benzene rings is 2. The number of pyridine rings is 1. The molecule has 1 saturated heterocycles. The Bertz CT molecular complexity index is 1420. The highest BCUT2D eigenvalue weighted by Crippen LogP contribution is 2.35. The van der Waals surface area contributed by atoms with Gasteiger partial charge in [0.15, 0.2) is 5.65 Å². The SMILES string of the molecule is COc1ccccc1-c1n[nH]c2ncc(-c3ccc(NC(=O)C4CNC4)c(C(=O)N(C)C)c3)cc12. The van der Waals surface area contributed by atoms with Crippen LogP contribution in [0.2, 0.25) is 0 Å². The average Bonchev–Trinajstić information content (AvgIpc) is 3.25. The molecule has 0 atom stereocenters. The molecule has 0 aliphatic carbocycles. The van der Waals surface area contributed by atoms with Crippen molar-refractivity contribution in [2.45, 2.75) is 0 Å². The summed E-state index contributed by atoms with van der Waals surface area (Å²) in [6.45, 7) is 1.29. The number of carbonyl (C=O) groups excluding carboxylic acids is 2. The highest BCUT2D eigenvalue weighted by molar-refractivity contribution is 6.05. The fourth-order valence-corrected chi connectivity index (χ4v) is 4.07. The minimum Gasteiger partial charge on any atom is -0.496 e. The number of hydrogen-bond donors (Lipinski definition) is 3. The first-order chi connectivity index (χ1) is 17.0. The number of aromatic amines is 1. The smallest absolute Gasteiger partial charge is 0.255 e. The van der Waals surface area contributed by atoms with E-state index in [-0.39, 0.29) is 17.7 Å². The fourth-order valence-electron chi connectivity index (χ4n) is 4.07. The fraction of sp³-hybridized carbons (Fsp3) is 0.231. The number of nitrogens with zero attached hydrogens (tertiary/aromatic N) is 3. The maximum atomic E-state index is 13.0. The quantitative estimate of drug-likeness (QED) is 0.399. The van der Waals surface area contributed by atoms with Gasteiger partial charge in [0.2, 0.25) is 5.91 Å². The van der Waals surface area contributed by atoms with Gasteiger partial charge in [-0.25, -0.2) is 4.98 Å². The van der Waals surface area contributed by atoms with Gasteiger partial charge in [-0.3, -0.25) is 14.7 Å². The van der Waals surface area contributed by atoms with Gasteiger partial charge in [-0.15, -0.1) is 0 Å². The van der Waals surface area contributed by atoms with Crippen LogP contribution in [0.3, 0.4) is 0 Å². The Morgan fingerprint density at radius 3 is 2.60 bits per heavy atom. The predicted octanol–water partition coefficient (Wildman–Crippen LogP) is 3.16. The number of carbonyl (C=O) groups is 2. The Kier molecular flexibility index (Phi) is 5.92. The monoisotopic (exact) mass is 470 g/mol. The van der Waals surface area contributed by atoms with E-state index in [2.05, 4.69) is 25.8 Å². The van der Waals surface area contributed by atoms with Crippen LogP contribution in [0.15, 0.2) is 54.7 Å². The van der Waals surface area contributed by atoms with Crippen molar-refractivity contribution in [3.05, 3.63) is 60.3 Å². The maximum absolute atomic E-state index is 13.0. The number of fused-ring (bicyclic) bond motifs is 1. The van der Waals surface area contributed by atoms with Crippen LogP contribution in [0.5, 0.6) is 5.75 Å². The molecule has 0 radical (unpaired) electrons. The average molecular weight is 471 g/mol. The van der Waals surface area contributed by atoms with Crippen LogP contribution < -0.4 is 15.4 Å². The van der Waals surface area contributed by atoms with Crippen molar-refractivity contribution in [3.63, 3.8) is 0 Å². The summed E-state index contributed by atoms with van der Waals surface area (Å²) < 4.78 is 5.52. The Balaban J connectivity index is 1.56. The van der Waals surface area contributed by atoms with E-state index in [0.29, 0.717) is 35.7 Å². The first kappa shape index (κ1) is 22.5. The van der Waals surface area contributed by atoms with Crippen molar-refractivity contribution < 1.29 is 14.3 Å². The number of methoxy groups -OCH3 is 1. The molecule has 3 heterocycles. The second kappa shape index (κ2) is 9.19. The molecule has 1 fully saturated rings. The highest BCUT2D eigenvalue weighted by atomic mass is 16.5. The van der Waals surface area contributed by atoms with Gasteiger partial charge in [-0.05, 0) is 35.9 Å². The molecule has 1 aliphatic rings. The van der Waals surface area contributed by atoms with Crippen molar-refractivity contribution in [1.82, 2.24) is 25.4 Å². The van der Waals surface area contributed by atoms with Crippen LogP contribution in [-0.2, 0) is 4.79 Å². The largest absolute Gasteiger partial charge is 0.496 e. The summed E-state index contributed by atoms with van der Waals surface area (Å²) in [4.78, 5) is 31.6. The summed E-state index contributed by atoms with van der Waals surface area (Å²) in [6.07, 6.45) is 1.74. The highest BCUT2D eigenvalue weighted by Gasteiger charge is 2.26. The van der Waals surface area contributed by atoms with Crippen molar-refractivity contribution in [3.8, 4) is 28.1 Å². The molecule has 2 aromatic carbocycles. The minimum absolute atomic E-state index is 0.0851. The third-order valence-corrected chi connectivity index (χ3v) is 6.18. The second-order valence-electron chi connectivity index (χ2n) is 8.70. The zero-order valence-corrected chi connectivity index (χ0v) is 19.8. The van der Waals surface area contributed by atoms with Crippen LogP contribution in [-0.4, -0.2) is 66.2 Å². The van der Waals surface area contributed by atoms with Gasteiger partial charge in [0.05, 0.1) is 24.3 Å². The molecule has 3 N–H and O–H groups in total. The van der Waals surface area contributed by atoms with Gasteiger partial charge in [-0.2, -0.15) is 5.10 Å². The number of anilines is 1. The normalized spacial score (nSPS) is 13.3. The Hall–Kier alpha value is -4.24. The third kappa shape index (κ3) is 4.22. The summed E-state index contributed by atoms with van der Waals surface area (Å²) >= 11 is 0. The number of ether oxygens (including phenoxy) is 1. The number of nitrogens with one attached hydrogen (secondary N) is 3. The lowest BCUT2D eigenvalue weighted by atomic mass is 9.99. The van der Waals surface area contributed by atoms with Gasteiger partial charge in [0.1, 0.15) is 11.4 Å². The molecule has 0 spiro atoms. The van der Waals surface area contributed by atoms with Gasteiger partial charge in [-0.1, -0.05) is 18.2 Å². The molecule has 1 aliphatic heterocycles. The summed E-state index contributed by atoms with van der Waals surface area (Å²) in [5.41, 5.74) is 4.78. The molecule has 5 rings (SSSR count). The molecule has 9 heteroatoms. The Labute approximate surface area is 202 Å². The van der Waals surface area contributed by atoms with Crippen LogP contribution in [0.25, 0.3) is 33.4 Å². The first-order valence-electron chi connectivity index (χ1n) is 11.3. The lowest BCUT2D eigenvalue weighted by Crippen LogP contribution is -2.48. The molecule has 4 aromatic rings. The minimum atomic E-state index is -0.194. The lowest BCUT2D eigenvalue weighted by molar-refractivity contribution is -0.121. The van der Waals surface area contributed by atoms with E-state index in [4.69, 9.17) is 4.74 Å². The van der Waals surface area contributed by atoms with E-state index in [1.165, 1.54) is 4.90 Å². The van der Waals surface area contributed by atoms with Crippen LogP contribution in [0.4, 0.5) is 5.69 Å². The van der Waals surface area contributed by atoms with Crippen molar-refractivity contribution in [2.24, 2.45) is 5.92 Å². The predicted molar refractivity (Wildman–Crippen MR) is 134 cm³/mol. The molecular formula is C26H26N6O3. The summed E-state index contributed by atoms with van der Waals surface area (Å²) in [5.74, 6) is 0.346. The van der Waals surface area contributed by atoms with E-state index in [0.717, 1.165) is 27.8 Å². The van der Waals surface area contributed by atoms with E-state index >= 15 is 0 Å². The molecule has 35 heavy (non-hydrogen) atoms. The van der Waals surface area contributed by atoms with Gasteiger partial charge in [0.25, 0.3) is 5.91 Å². The first-order valence-corrected chi connectivity index (χ1v) is 11.3. The zero-order chi connectivity index (χ0) is 24.5. The van der Waals surface area contributed by atoms with E-state index in [9.17, 15) is 9.59 Å². The molecule has 178 valence electrons. The molecule has 9 nitrogen and oxygen atoms in total. The van der Waals surface area contributed by atoms with E-state index in [1.807, 2.05) is 36.4 Å². The third-order valence-electron chi connectivity index (χ3n) is 6.18. The number of rotatable bonds is 6. The van der Waals surface area contributed by atoms with E-state index in [1.54, 1.807) is 39.5 Å². The molecule has 0 saturated carbocycles. The lowest BCUT2D eigenvalue weighted by Gasteiger charge is -2.26. The van der Waals surface area contributed by atoms with Crippen LogP contribution >= 0.6 is 0 Å². The summed E-state index contributed by atoms with van der Waals surface area (Å²) in [5, 5.41) is 14.3. The van der Waals surface area contributed by atoms with Gasteiger partial charge in [0, 0.05) is 49.9 Å². The van der Waals surface area contributed by atoms with Crippen LogP contribution in [0, 0.1) is 5.92 Å². The van der Waals surface area contributed by atoms with Crippen LogP contribution in [0.1, 0.15) is 10.4 Å². The number of hydrogen-bond acceptors (Lipinski definition) is 6. The topological polar surface area (TPSA) is 112 Å². The van der Waals surface area contributed by atoms with E-state index < -0.39 is 0 Å².